The number of alkyl halides is 3. The summed E-state index contributed by atoms with van der Waals surface area (Å²) in [6, 6.07) is 8.68. The van der Waals surface area contributed by atoms with Gasteiger partial charge in [-0.1, -0.05) is 39.3 Å². The number of amides is 1. The molecule has 1 atom stereocenters. The largest absolute Gasteiger partial charge is 0.406 e. The zero-order valence-electron chi connectivity index (χ0n) is 22.7. The number of hydrogen-bond donors (Lipinski definition) is 2. The van der Waals surface area contributed by atoms with E-state index in [1.807, 2.05) is 36.7 Å². The molecule has 1 aromatic carbocycles. The van der Waals surface area contributed by atoms with Gasteiger partial charge < -0.3 is 19.8 Å². The Morgan fingerprint density at radius 1 is 1.26 bits per heavy atom. The average Bonchev–Trinajstić information content (AvgIpc) is 3.28. The molecule has 0 radical (unpaired) electrons. The van der Waals surface area contributed by atoms with E-state index in [-0.39, 0.29) is 17.5 Å². The molecule has 1 amide bonds. The van der Waals surface area contributed by atoms with Crippen molar-refractivity contribution < 1.29 is 18.0 Å². The van der Waals surface area contributed by atoms with Crippen molar-refractivity contribution in [2.24, 2.45) is 18.9 Å². The van der Waals surface area contributed by atoms with Crippen LogP contribution in [0.1, 0.15) is 67.3 Å². The molecule has 2 N–H and O–H groups in total. The lowest BCUT2D eigenvalue weighted by Gasteiger charge is -2.46. The summed E-state index contributed by atoms with van der Waals surface area (Å²) in [6.07, 6.45) is 0.893. The highest BCUT2D eigenvalue weighted by Gasteiger charge is 2.48. The summed E-state index contributed by atoms with van der Waals surface area (Å²) in [5.41, 5.74) is 0.132. The van der Waals surface area contributed by atoms with Gasteiger partial charge in [0.05, 0.1) is 5.41 Å². The number of carbonyl (C=O) groups is 1. The predicted octanol–water partition coefficient (Wildman–Crippen LogP) is 4.64. The third-order valence-electron chi connectivity index (χ3n) is 7.46. The highest BCUT2D eigenvalue weighted by Crippen LogP contribution is 2.51. The number of hydrogen-bond acceptors (Lipinski definition) is 5. The van der Waals surface area contributed by atoms with Crippen LogP contribution in [0.5, 0.6) is 0 Å². The summed E-state index contributed by atoms with van der Waals surface area (Å²) in [4.78, 5) is 26.2. The maximum absolute atomic E-state index is 13.3. The van der Waals surface area contributed by atoms with Crippen LogP contribution in [0, 0.1) is 11.8 Å². The van der Waals surface area contributed by atoms with Crippen molar-refractivity contribution in [3.8, 4) is 0 Å². The van der Waals surface area contributed by atoms with Gasteiger partial charge in [0.1, 0.15) is 24.3 Å². The number of carbonyl (C=O) groups excluding carboxylic acids is 1. The Bertz CT molecular complexity index is 1370. The minimum Gasteiger partial charge on any atom is -0.322 e. The van der Waals surface area contributed by atoms with Gasteiger partial charge in [-0.3, -0.25) is 9.59 Å². The maximum atomic E-state index is 13.3. The normalized spacial score (nSPS) is 19.9. The predicted molar refractivity (Wildman–Crippen MR) is 142 cm³/mol. The summed E-state index contributed by atoms with van der Waals surface area (Å²) in [5, 5.41) is 14.3. The minimum absolute atomic E-state index is 0.233. The SMILES string of the molecule is CCC(C)CNCc1cc(C(=O)Nc2cccc(C3(c4nncn4C)CC(C)C3)c2)c(=O)n(CC(F)(F)F)c1. The Morgan fingerprint density at radius 3 is 2.62 bits per heavy atom. The van der Waals surface area contributed by atoms with Gasteiger partial charge in [-0.05, 0) is 60.5 Å². The fourth-order valence-corrected chi connectivity index (χ4v) is 5.36. The zero-order valence-corrected chi connectivity index (χ0v) is 22.7. The summed E-state index contributed by atoms with van der Waals surface area (Å²) >= 11 is 0. The Kier molecular flexibility index (Phi) is 8.29. The molecule has 4 rings (SSSR count). The van der Waals surface area contributed by atoms with E-state index in [1.165, 1.54) is 12.3 Å². The first kappa shape index (κ1) is 28.5. The smallest absolute Gasteiger partial charge is 0.322 e. The van der Waals surface area contributed by atoms with Crippen LogP contribution in [0.4, 0.5) is 18.9 Å². The molecule has 8 nitrogen and oxygen atoms in total. The van der Waals surface area contributed by atoms with Gasteiger partial charge in [0.15, 0.2) is 0 Å². The molecular formula is C28H35F3N6O2. The second-order valence-corrected chi connectivity index (χ2v) is 10.9. The standard InChI is InChI=1S/C28H35F3N6O2/c1-5-18(2)13-32-14-20-9-23(25(39)37(15-20)16-28(29,30)31)24(38)34-22-8-6-7-21(10-22)27(11-19(3)12-27)26-35-33-17-36(26)4/h6-10,15,17-19,32H,5,11-14,16H2,1-4H3,(H,34,38). The lowest BCUT2D eigenvalue weighted by Crippen LogP contribution is -2.43. The van der Waals surface area contributed by atoms with Crippen molar-refractivity contribution in [3.63, 3.8) is 0 Å². The Balaban J connectivity index is 1.62. The minimum atomic E-state index is -4.61. The zero-order chi connectivity index (χ0) is 28.4. The van der Waals surface area contributed by atoms with E-state index in [9.17, 15) is 22.8 Å². The monoisotopic (exact) mass is 544 g/mol. The molecule has 2 heterocycles. The molecular weight excluding hydrogens is 509 g/mol. The molecule has 210 valence electrons. The lowest BCUT2D eigenvalue weighted by molar-refractivity contribution is -0.141. The van der Waals surface area contributed by atoms with Gasteiger partial charge in [-0.2, -0.15) is 13.2 Å². The second kappa shape index (κ2) is 11.3. The van der Waals surface area contributed by atoms with Crippen LogP contribution in [0.3, 0.4) is 0 Å². The van der Waals surface area contributed by atoms with Gasteiger partial charge in [-0.25, -0.2) is 0 Å². The summed E-state index contributed by atoms with van der Waals surface area (Å²) in [6.45, 7) is 5.69. The molecule has 39 heavy (non-hydrogen) atoms. The van der Waals surface area contributed by atoms with Crippen molar-refractivity contribution in [2.45, 2.75) is 64.7 Å². The van der Waals surface area contributed by atoms with Gasteiger partial charge in [0, 0.05) is 25.5 Å². The third-order valence-corrected chi connectivity index (χ3v) is 7.46. The van der Waals surface area contributed by atoms with Crippen molar-refractivity contribution in [1.82, 2.24) is 24.6 Å². The second-order valence-electron chi connectivity index (χ2n) is 10.9. The van der Waals surface area contributed by atoms with E-state index in [0.29, 0.717) is 34.2 Å². The number of pyridine rings is 1. The molecule has 0 spiro atoms. The average molecular weight is 545 g/mol. The fraction of sp³-hybridized carbons (Fsp3) is 0.500. The number of aromatic nitrogens is 4. The van der Waals surface area contributed by atoms with Crippen LogP contribution >= 0.6 is 0 Å². The summed E-state index contributed by atoms with van der Waals surface area (Å²) in [7, 11) is 1.89. The number of halogens is 3. The molecule has 1 unspecified atom stereocenters. The lowest BCUT2D eigenvalue weighted by atomic mass is 9.58. The summed E-state index contributed by atoms with van der Waals surface area (Å²) < 4.78 is 42.1. The first-order chi connectivity index (χ1) is 18.4. The quantitative estimate of drug-likeness (QED) is 0.388. The molecule has 1 aliphatic carbocycles. The van der Waals surface area contributed by atoms with Crippen molar-refractivity contribution >= 4 is 11.6 Å². The third kappa shape index (κ3) is 6.41. The van der Waals surface area contributed by atoms with Gasteiger partial charge in [-0.15, -0.1) is 10.2 Å². The fourth-order valence-electron chi connectivity index (χ4n) is 5.36. The van der Waals surface area contributed by atoms with E-state index in [2.05, 4.69) is 34.7 Å². The van der Waals surface area contributed by atoms with E-state index >= 15 is 0 Å². The number of rotatable bonds is 10. The summed E-state index contributed by atoms with van der Waals surface area (Å²) in [5.74, 6) is 0.941. The number of nitrogens with one attached hydrogen (secondary N) is 2. The molecule has 11 heteroatoms. The van der Waals surface area contributed by atoms with Crippen LogP contribution in [0.15, 0.2) is 47.7 Å². The van der Waals surface area contributed by atoms with E-state index < -0.39 is 24.2 Å². The van der Waals surface area contributed by atoms with Crippen LogP contribution in [-0.4, -0.2) is 38.0 Å². The first-order valence-corrected chi connectivity index (χ1v) is 13.2. The number of aryl methyl sites for hydroxylation is 1. The first-order valence-electron chi connectivity index (χ1n) is 13.2. The van der Waals surface area contributed by atoms with Crippen LogP contribution in [-0.2, 0) is 25.6 Å². The van der Waals surface area contributed by atoms with Gasteiger partial charge >= 0.3 is 6.18 Å². The molecule has 0 aliphatic heterocycles. The topological polar surface area (TPSA) is 93.8 Å². The number of nitrogens with zero attached hydrogens (tertiary/aromatic N) is 4. The number of anilines is 1. The van der Waals surface area contributed by atoms with Crippen molar-refractivity contribution in [3.05, 3.63) is 75.7 Å². The maximum Gasteiger partial charge on any atom is 0.406 e. The molecule has 1 aliphatic rings. The molecule has 1 fully saturated rings. The van der Waals surface area contributed by atoms with Gasteiger partial charge in [0.25, 0.3) is 11.5 Å². The Labute approximate surface area is 225 Å². The Morgan fingerprint density at radius 2 is 2.00 bits per heavy atom. The molecule has 0 bridgehead atoms. The van der Waals surface area contributed by atoms with Crippen LogP contribution in [0.25, 0.3) is 0 Å². The highest BCUT2D eigenvalue weighted by molar-refractivity contribution is 6.04. The van der Waals surface area contributed by atoms with Crippen LogP contribution in [0.2, 0.25) is 0 Å². The molecule has 0 saturated heterocycles. The number of benzene rings is 1. The van der Waals surface area contributed by atoms with Crippen LogP contribution < -0.4 is 16.2 Å². The van der Waals surface area contributed by atoms with Crippen molar-refractivity contribution in [2.75, 3.05) is 11.9 Å². The molecule has 2 aromatic heterocycles. The van der Waals surface area contributed by atoms with E-state index in [1.54, 1.807) is 12.4 Å². The highest BCUT2D eigenvalue weighted by atomic mass is 19.4. The van der Waals surface area contributed by atoms with Crippen molar-refractivity contribution in [1.29, 1.82) is 0 Å². The molecule has 1 saturated carbocycles. The van der Waals surface area contributed by atoms with E-state index in [4.69, 9.17) is 0 Å². The van der Waals surface area contributed by atoms with Gasteiger partial charge in [0.2, 0.25) is 0 Å². The van der Waals surface area contributed by atoms with E-state index in [0.717, 1.165) is 30.7 Å². The molecule has 3 aromatic rings. The Hall–Kier alpha value is -3.47.